The molecule has 2 atom stereocenters. The summed E-state index contributed by atoms with van der Waals surface area (Å²) in [6, 6.07) is 19.0. The molecule has 0 bridgehead atoms. The maximum absolute atomic E-state index is 13.0. The second-order valence-corrected chi connectivity index (χ2v) is 11.6. The Morgan fingerprint density at radius 1 is 0.889 bits per heavy atom. The third-order valence-electron chi connectivity index (χ3n) is 7.59. The van der Waals surface area contributed by atoms with Gasteiger partial charge < -0.3 is 33.5 Å². The third-order valence-corrected chi connectivity index (χ3v) is 8.15. The lowest BCUT2D eigenvalue weighted by Gasteiger charge is -2.36. The van der Waals surface area contributed by atoms with E-state index in [0.717, 1.165) is 35.7 Å². The molecule has 3 aromatic carbocycles. The molecular weight excluding hydrogens is 615 g/mol. The van der Waals surface area contributed by atoms with E-state index in [4.69, 9.17) is 46.9 Å². The highest BCUT2D eigenvalue weighted by atomic mass is 35.5. The van der Waals surface area contributed by atoms with Gasteiger partial charge in [0.25, 0.3) is 0 Å². The first-order valence-corrected chi connectivity index (χ1v) is 15.8. The molecule has 0 radical (unpaired) electrons. The number of carbonyl (C=O) groups is 1. The van der Waals surface area contributed by atoms with Crippen LogP contribution in [0.15, 0.2) is 86.0 Å². The first-order valence-electron chi connectivity index (χ1n) is 15.0. The van der Waals surface area contributed by atoms with E-state index in [-0.39, 0.29) is 12.0 Å². The van der Waals surface area contributed by atoms with Gasteiger partial charge in [-0.3, -0.25) is 4.79 Å². The number of amides is 1. The number of nitrogens with zero attached hydrogens (tertiary/aromatic N) is 2. The topological polar surface area (TPSA) is 69.7 Å². The number of hydrogen-bond acceptors (Lipinski definition) is 7. The smallest absolute Gasteiger partial charge is 0.223 e. The van der Waals surface area contributed by atoms with Crippen molar-refractivity contribution in [2.45, 2.75) is 25.2 Å². The zero-order valence-electron chi connectivity index (χ0n) is 25.2. The molecule has 8 nitrogen and oxygen atoms in total. The van der Waals surface area contributed by atoms with Crippen LogP contribution in [0.3, 0.4) is 0 Å². The van der Waals surface area contributed by atoms with Crippen molar-refractivity contribution in [3.05, 3.63) is 107 Å². The van der Waals surface area contributed by atoms with E-state index in [0.29, 0.717) is 73.9 Å². The predicted octanol–water partition coefficient (Wildman–Crippen LogP) is 6.90. The van der Waals surface area contributed by atoms with Gasteiger partial charge in [0.1, 0.15) is 31.7 Å². The van der Waals surface area contributed by atoms with Crippen molar-refractivity contribution in [1.29, 1.82) is 0 Å². The standard InChI is InChI=1S/C35H38Cl2N2O6/c1-3-19-41-32-13-5-25(21-33(32)42-20-4-2)6-14-34(40)39-17-15-38(16-18-39)27-8-10-28(11-9-27)43-23-29-24-44-35(45-29)30-12-7-26(36)22-31(30)37/h3-5,7-13,21-22,29,35H,1-2,6,14-20,23-24H2. The van der Waals surface area contributed by atoms with E-state index in [1.807, 2.05) is 53.4 Å². The second-order valence-electron chi connectivity index (χ2n) is 10.7. The molecule has 0 aromatic heterocycles. The molecule has 2 aliphatic heterocycles. The first kappa shape index (κ1) is 32.7. The van der Waals surface area contributed by atoms with Crippen molar-refractivity contribution >= 4 is 34.8 Å². The van der Waals surface area contributed by atoms with Crippen LogP contribution in [-0.2, 0) is 20.7 Å². The quantitative estimate of drug-likeness (QED) is 0.176. The number of hydrogen-bond donors (Lipinski definition) is 0. The first-order chi connectivity index (χ1) is 21.9. The van der Waals surface area contributed by atoms with Crippen LogP contribution in [0.4, 0.5) is 5.69 Å². The Bertz CT molecular complexity index is 1460. The molecule has 1 amide bonds. The van der Waals surface area contributed by atoms with E-state index >= 15 is 0 Å². The van der Waals surface area contributed by atoms with Crippen molar-refractivity contribution in [3.63, 3.8) is 0 Å². The minimum atomic E-state index is -0.541. The third kappa shape index (κ3) is 8.95. The van der Waals surface area contributed by atoms with Crippen molar-refractivity contribution in [1.82, 2.24) is 4.90 Å². The van der Waals surface area contributed by atoms with Crippen LogP contribution in [-0.4, -0.2) is 69.5 Å². The van der Waals surface area contributed by atoms with Crippen LogP contribution in [0.2, 0.25) is 10.0 Å². The minimum absolute atomic E-state index is 0.151. The number of ether oxygens (including phenoxy) is 5. The van der Waals surface area contributed by atoms with Gasteiger partial charge in [-0.15, -0.1) is 0 Å². The van der Waals surface area contributed by atoms with Gasteiger partial charge in [-0.1, -0.05) is 60.6 Å². The Morgan fingerprint density at radius 2 is 1.62 bits per heavy atom. The number of benzene rings is 3. The molecule has 2 fully saturated rings. The summed E-state index contributed by atoms with van der Waals surface area (Å²) >= 11 is 12.3. The van der Waals surface area contributed by atoms with Gasteiger partial charge in [-0.25, -0.2) is 0 Å². The van der Waals surface area contributed by atoms with Crippen molar-refractivity contribution in [2.24, 2.45) is 0 Å². The highest BCUT2D eigenvalue weighted by molar-refractivity contribution is 6.35. The Morgan fingerprint density at radius 3 is 2.33 bits per heavy atom. The number of piperazine rings is 1. The Kier molecular flexibility index (Phi) is 11.7. The number of halogens is 2. The highest BCUT2D eigenvalue weighted by Gasteiger charge is 2.29. The Hall–Kier alpha value is -3.69. The minimum Gasteiger partial charge on any atom is -0.491 e. The van der Waals surface area contributed by atoms with Crippen LogP contribution in [0.5, 0.6) is 17.2 Å². The average Bonchev–Trinajstić information content (AvgIpc) is 3.53. The van der Waals surface area contributed by atoms with Crippen LogP contribution in [0.25, 0.3) is 0 Å². The summed E-state index contributed by atoms with van der Waals surface area (Å²) in [6.45, 7) is 11.8. The lowest BCUT2D eigenvalue weighted by Crippen LogP contribution is -2.48. The summed E-state index contributed by atoms with van der Waals surface area (Å²) in [5.41, 5.74) is 2.86. The number of rotatable bonds is 14. The van der Waals surface area contributed by atoms with Crippen molar-refractivity contribution < 1.29 is 28.5 Å². The van der Waals surface area contributed by atoms with Gasteiger partial charge in [0.15, 0.2) is 17.8 Å². The molecule has 2 heterocycles. The fourth-order valence-electron chi connectivity index (χ4n) is 5.19. The average molecular weight is 654 g/mol. The largest absolute Gasteiger partial charge is 0.491 e. The number of aryl methyl sites for hydroxylation is 1. The zero-order chi connectivity index (χ0) is 31.6. The van der Waals surface area contributed by atoms with Gasteiger partial charge in [0.05, 0.1) is 11.6 Å². The Labute approximate surface area is 274 Å². The predicted molar refractivity (Wildman–Crippen MR) is 177 cm³/mol. The van der Waals surface area contributed by atoms with Gasteiger partial charge in [-0.05, 0) is 60.5 Å². The molecule has 45 heavy (non-hydrogen) atoms. The molecule has 0 aliphatic carbocycles. The summed E-state index contributed by atoms with van der Waals surface area (Å²) in [4.78, 5) is 17.2. The normalized spacial score (nSPS) is 18.0. The molecule has 0 N–H and O–H groups in total. The van der Waals surface area contributed by atoms with Gasteiger partial charge in [0.2, 0.25) is 5.91 Å². The summed E-state index contributed by atoms with van der Waals surface area (Å²) in [5.74, 6) is 2.19. The molecule has 2 saturated heterocycles. The molecule has 10 heteroatoms. The van der Waals surface area contributed by atoms with Crippen LogP contribution >= 0.6 is 23.2 Å². The van der Waals surface area contributed by atoms with Gasteiger partial charge >= 0.3 is 0 Å². The summed E-state index contributed by atoms with van der Waals surface area (Å²) in [7, 11) is 0. The van der Waals surface area contributed by atoms with E-state index in [1.165, 1.54) is 0 Å². The Balaban J connectivity index is 1.04. The molecule has 3 aromatic rings. The summed E-state index contributed by atoms with van der Waals surface area (Å²) < 4.78 is 29.2. The van der Waals surface area contributed by atoms with Gasteiger partial charge in [0, 0.05) is 48.9 Å². The van der Waals surface area contributed by atoms with E-state index in [2.05, 4.69) is 18.1 Å². The van der Waals surface area contributed by atoms with E-state index in [9.17, 15) is 4.79 Å². The zero-order valence-corrected chi connectivity index (χ0v) is 26.7. The fraction of sp³-hybridized carbons (Fsp3) is 0.343. The molecule has 0 spiro atoms. The molecule has 2 unspecified atom stereocenters. The maximum Gasteiger partial charge on any atom is 0.223 e. The number of anilines is 1. The van der Waals surface area contributed by atoms with Crippen molar-refractivity contribution in [2.75, 3.05) is 57.5 Å². The van der Waals surface area contributed by atoms with Crippen LogP contribution in [0.1, 0.15) is 23.8 Å². The lowest BCUT2D eigenvalue weighted by molar-refractivity contribution is -0.131. The molecule has 2 aliphatic rings. The van der Waals surface area contributed by atoms with E-state index in [1.54, 1.807) is 24.3 Å². The summed E-state index contributed by atoms with van der Waals surface area (Å²) in [6.07, 6.45) is 3.68. The SMILES string of the molecule is C=CCOc1ccc(CCC(=O)N2CCN(c3ccc(OCC4COC(c5ccc(Cl)cc5Cl)O4)cc3)CC2)cc1OCC=C. The molecule has 0 saturated carbocycles. The monoisotopic (exact) mass is 652 g/mol. The molecule has 5 rings (SSSR count). The maximum atomic E-state index is 13.0. The van der Waals surface area contributed by atoms with Crippen molar-refractivity contribution in [3.8, 4) is 17.2 Å². The van der Waals surface area contributed by atoms with E-state index < -0.39 is 6.29 Å². The summed E-state index contributed by atoms with van der Waals surface area (Å²) in [5, 5.41) is 1.07. The van der Waals surface area contributed by atoms with Gasteiger partial charge in [-0.2, -0.15) is 0 Å². The highest BCUT2D eigenvalue weighted by Crippen LogP contribution is 2.34. The lowest BCUT2D eigenvalue weighted by atomic mass is 10.1. The molecular formula is C35H38Cl2N2O6. The van der Waals surface area contributed by atoms with Crippen LogP contribution in [0, 0.1) is 0 Å². The fourth-order valence-corrected chi connectivity index (χ4v) is 5.69. The second kappa shape index (κ2) is 16.0. The number of carbonyl (C=O) groups excluding carboxylic acids is 1. The molecule has 238 valence electrons. The van der Waals surface area contributed by atoms with Crippen LogP contribution < -0.4 is 19.1 Å².